The Morgan fingerprint density at radius 2 is 1.92 bits per heavy atom. The van der Waals surface area contributed by atoms with Gasteiger partial charge in [0.25, 0.3) is 11.5 Å². The van der Waals surface area contributed by atoms with Crippen molar-refractivity contribution >= 4 is 33.5 Å². The predicted octanol–water partition coefficient (Wildman–Crippen LogP) is 3.73. The Morgan fingerprint density at radius 1 is 1.13 bits per heavy atom. The Hall–Kier alpha value is -3.79. The van der Waals surface area contributed by atoms with Gasteiger partial charge in [0.15, 0.2) is 0 Å². The van der Waals surface area contributed by atoms with Gasteiger partial charge >= 0.3 is 0 Å². The van der Waals surface area contributed by atoms with Crippen molar-refractivity contribution in [3.63, 3.8) is 0 Å². The molecule has 10 heteroatoms. The largest absolute Gasteiger partial charge is 0.381 e. The maximum atomic E-state index is 13.8. The highest BCUT2D eigenvalue weighted by Crippen LogP contribution is 2.30. The molecule has 0 unspecified atom stereocenters. The van der Waals surface area contributed by atoms with Gasteiger partial charge in [-0.3, -0.25) is 14.3 Å². The summed E-state index contributed by atoms with van der Waals surface area (Å²) in [5.74, 6) is 0.351. The smallest absolute Gasteiger partial charge is 0.259 e. The lowest BCUT2D eigenvalue weighted by Gasteiger charge is -2.40. The molecule has 0 radical (unpaired) electrons. The molecule has 198 valence electrons. The first-order valence-electron chi connectivity index (χ1n) is 13.1. The molecule has 4 aromatic rings. The van der Waals surface area contributed by atoms with Gasteiger partial charge in [0.2, 0.25) is 0 Å². The topological polar surface area (TPSA) is 96.3 Å². The molecule has 1 N–H and O–H groups in total. The number of hydrogen-bond donors (Lipinski definition) is 1. The van der Waals surface area contributed by atoms with E-state index in [2.05, 4.69) is 20.0 Å². The average Bonchev–Trinajstić information content (AvgIpc) is 3.36. The predicted molar refractivity (Wildman–Crippen MR) is 143 cm³/mol. The molecule has 1 aromatic carbocycles. The molecule has 38 heavy (non-hydrogen) atoms. The molecule has 0 saturated carbocycles. The Balaban J connectivity index is 1.34. The minimum atomic E-state index is -0.324. The highest BCUT2D eigenvalue weighted by atomic mass is 19.1. The lowest BCUT2D eigenvalue weighted by atomic mass is 10.0. The Kier molecular flexibility index (Phi) is 6.14. The monoisotopic (exact) mass is 518 g/mol. The van der Waals surface area contributed by atoms with Crippen molar-refractivity contribution < 1.29 is 13.9 Å². The average molecular weight is 519 g/mol. The number of piperazine rings is 1. The first-order valence-corrected chi connectivity index (χ1v) is 13.1. The summed E-state index contributed by atoms with van der Waals surface area (Å²) in [4.78, 5) is 38.0. The summed E-state index contributed by atoms with van der Waals surface area (Å²) in [7, 11) is 0. The molecule has 0 aliphatic carbocycles. The number of fused-ring (bicyclic) bond motifs is 3. The normalized spacial score (nSPS) is 19.0. The van der Waals surface area contributed by atoms with Crippen LogP contribution in [-0.2, 0) is 4.74 Å². The van der Waals surface area contributed by atoms with Gasteiger partial charge in [-0.15, -0.1) is 0 Å². The summed E-state index contributed by atoms with van der Waals surface area (Å²) >= 11 is 0. The van der Waals surface area contributed by atoms with Crippen molar-refractivity contribution in [2.75, 3.05) is 37.7 Å². The summed E-state index contributed by atoms with van der Waals surface area (Å²) in [5, 5.41) is 5.92. The second kappa shape index (κ2) is 9.50. The maximum Gasteiger partial charge on any atom is 0.259 e. The number of nitrogens with zero attached hydrogens (tertiary/aromatic N) is 5. The number of ether oxygens (including phenoxy) is 1. The third-order valence-electron chi connectivity index (χ3n) is 7.89. The number of pyridine rings is 2. The zero-order chi connectivity index (χ0) is 26.6. The SMILES string of the molecule is Cc1cc2[nH]c(=O)c3cnn(C4CCOCC4)c3c2cc1C(=O)N1CCN(c2ccc(F)c(C)n2)[C@H](C)C1. The van der Waals surface area contributed by atoms with E-state index in [4.69, 9.17) is 4.74 Å². The summed E-state index contributed by atoms with van der Waals surface area (Å²) < 4.78 is 21.2. The molecular formula is C28H31FN6O3. The van der Waals surface area contributed by atoms with Gasteiger partial charge in [-0.05, 0) is 63.4 Å². The molecular weight excluding hydrogens is 487 g/mol. The van der Waals surface area contributed by atoms with Crippen LogP contribution < -0.4 is 10.5 Å². The molecule has 0 spiro atoms. The van der Waals surface area contributed by atoms with Gasteiger partial charge in [0.05, 0.1) is 34.4 Å². The van der Waals surface area contributed by atoms with Crippen LogP contribution in [0.25, 0.3) is 21.8 Å². The van der Waals surface area contributed by atoms with Gasteiger partial charge in [-0.1, -0.05) is 0 Å². The number of rotatable bonds is 3. The zero-order valence-electron chi connectivity index (χ0n) is 21.8. The van der Waals surface area contributed by atoms with E-state index in [1.165, 1.54) is 6.07 Å². The van der Waals surface area contributed by atoms with Crippen LogP contribution in [0.15, 0.2) is 35.3 Å². The molecule has 3 aromatic heterocycles. The van der Waals surface area contributed by atoms with Crippen LogP contribution in [0, 0.1) is 19.7 Å². The number of anilines is 1. The minimum Gasteiger partial charge on any atom is -0.381 e. The van der Waals surface area contributed by atoms with Crippen molar-refractivity contribution in [3.05, 3.63) is 63.5 Å². The number of nitrogens with one attached hydrogen (secondary N) is 1. The standard InChI is InChI=1S/C28H31FN6O3/c1-16-12-24-21(26-22(27(36)32-24)14-30-35(26)19-6-10-38-11-7-19)13-20(16)28(37)33-8-9-34(17(2)15-33)25-5-4-23(29)18(3)31-25/h4-5,12-14,17,19H,6-11,15H2,1-3H3,(H,32,36)/t17-/m1/s1. The number of benzene rings is 1. The number of halogens is 1. The van der Waals surface area contributed by atoms with E-state index in [0.717, 1.165) is 35.1 Å². The second-order valence-electron chi connectivity index (χ2n) is 10.4. The lowest BCUT2D eigenvalue weighted by molar-refractivity contribution is 0.0675. The fourth-order valence-electron chi connectivity index (χ4n) is 5.77. The van der Waals surface area contributed by atoms with Crippen molar-refractivity contribution in [2.45, 2.75) is 45.7 Å². The summed E-state index contributed by atoms with van der Waals surface area (Å²) in [6, 6.07) is 7.09. The van der Waals surface area contributed by atoms with Crippen LogP contribution in [0.1, 0.15) is 47.4 Å². The first kappa shape index (κ1) is 24.5. The van der Waals surface area contributed by atoms with Crippen LogP contribution in [0.5, 0.6) is 0 Å². The van der Waals surface area contributed by atoms with E-state index in [9.17, 15) is 14.0 Å². The summed E-state index contributed by atoms with van der Waals surface area (Å²) in [6.45, 7) is 8.58. The van der Waals surface area contributed by atoms with Crippen LogP contribution >= 0.6 is 0 Å². The van der Waals surface area contributed by atoms with Gasteiger partial charge < -0.3 is 19.5 Å². The van der Waals surface area contributed by atoms with E-state index in [0.29, 0.717) is 55.0 Å². The second-order valence-corrected chi connectivity index (χ2v) is 10.4. The summed E-state index contributed by atoms with van der Waals surface area (Å²) in [6.07, 6.45) is 3.27. The van der Waals surface area contributed by atoms with E-state index in [-0.39, 0.29) is 29.4 Å². The molecule has 2 fully saturated rings. The van der Waals surface area contributed by atoms with Gasteiger partial charge in [0.1, 0.15) is 11.6 Å². The van der Waals surface area contributed by atoms with E-state index in [1.54, 1.807) is 19.2 Å². The van der Waals surface area contributed by atoms with Crippen LogP contribution in [0.2, 0.25) is 0 Å². The molecule has 5 heterocycles. The maximum absolute atomic E-state index is 13.8. The van der Waals surface area contributed by atoms with Gasteiger partial charge in [-0.25, -0.2) is 9.37 Å². The highest BCUT2D eigenvalue weighted by molar-refractivity contribution is 6.07. The fraction of sp³-hybridized carbons (Fsp3) is 0.429. The van der Waals surface area contributed by atoms with Crippen molar-refractivity contribution in [2.24, 2.45) is 0 Å². The van der Waals surface area contributed by atoms with Gasteiger partial charge in [-0.2, -0.15) is 5.10 Å². The Labute approximate surface area is 219 Å². The highest BCUT2D eigenvalue weighted by Gasteiger charge is 2.30. The van der Waals surface area contributed by atoms with E-state index in [1.807, 2.05) is 35.6 Å². The number of carbonyl (C=O) groups excluding carboxylic acids is 1. The molecule has 0 bridgehead atoms. The number of H-pyrrole nitrogens is 1. The molecule has 1 atom stereocenters. The third kappa shape index (κ3) is 4.13. The third-order valence-corrected chi connectivity index (χ3v) is 7.89. The molecule has 2 saturated heterocycles. The number of carbonyl (C=O) groups is 1. The quantitative estimate of drug-likeness (QED) is 0.444. The molecule has 9 nitrogen and oxygen atoms in total. The van der Waals surface area contributed by atoms with Crippen LogP contribution in [0.4, 0.5) is 10.2 Å². The van der Waals surface area contributed by atoms with E-state index < -0.39 is 0 Å². The minimum absolute atomic E-state index is 0.0174. The number of aromatic nitrogens is 4. The zero-order valence-corrected chi connectivity index (χ0v) is 21.8. The molecule has 1 amide bonds. The molecule has 2 aliphatic rings. The van der Waals surface area contributed by atoms with Crippen LogP contribution in [-0.4, -0.2) is 69.4 Å². The lowest BCUT2D eigenvalue weighted by Crippen LogP contribution is -2.54. The van der Waals surface area contributed by atoms with Crippen molar-refractivity contribution in [1.82, 2.24) is 24.6 Å². The Morgan fingerprint density at radius 3 is 2.66 bits per heavy atom. The summed E-state index contributed by atoms with van der Waals surface area (Å²) in [5.41, 5.74) is 3.06. The molecule has 2 aliphatic heterocycles. The Bertz CT molecular complexity index is 1610. The first-order chi connectivity index (χ1) is 18.3. The number of hydrogen-bond acceptors (Lipinski definition) is 6. The van der Waals surface area contributed by atoms with Crippen molar-refractivity contribution in [3.8, 4) is 0 Å². The number of aryl methyl sites for hydroxylation is 2. The van der Waals surface area contributed by atoms with Crippen molar-refractivity contribution in [1.29, 1.82) is 0 Å². The van der Waals surface area contributed by atoms with Crippen LogP contribution in [0.3, 0.4) is 0 Å². The number of amides is 1. The molecule has 6 rings (SSSR count). The van der Waals surface area contributed by atoms with Gasteiger partial charge in [0, 0.05) is 49.8 Å². The fourth-order valence-corrected chi connectivity index (χ4v) is 5.77. The number of aromatic amines is 1. The van der Waals surface area contributed by atoms with E-state index >= 15 is 0 Å².